The molecular weight excluding hydrogens is 406 g/mol. The summed E-state index contributed by atoms with van der Waals surface area (Å²) in [6.45, 7) is 2.16. The number of ether oxygens (including phenoxy) is 1. The number of rotatable bonds is 5. The van der Waals surface area contributed by atoms with E-state index in [-0.39, 0.29) is 11.7 Å². The van der Waals surface area contributed by atoms with Crippen molar-refractivity contribution in [2.75, 3.05) is 25.5 Å². The lowest BCUT2D eigenvalue weighted by atomic mass is 9.96. The number of nitrogens with one attached hydrogen (secondary N) is 1. The van der Waals surface area contributed by atoms with Gasteiger partial charge in [-0.1, -0.05) is 18.2 Å². The number of pyridine rings is 1. The van der Waals surface area contributed by atoms with Gasteiger partial charge in [-0.25, -0.2) is 4.79 Å². The summed E-state index contributed by atoms with van der Waals surface area (Å²) in [6, 6.07) is 12.3. The van der Waals surface area contributed by atoms with E-state index in [0.717, 1.165) is 35.7 Å². The molecule has 1 aromatic heterocycles. The summed E-state index contributed by atoms with van der Waals surface area (Å²) >= 11 is 0. The minimum absolute atomic E-state index is 0.0217. The summed E-state index contributed by atoms with van der Waals surface area (Å²) in [5, 5.41) is 14.9. The highest BCUT2D eigenvalue weighted by atomic mass is 16.5. The first-order chi connectivity index (χ1) is 15.5. The molecule has 1 fully saturated rings. The predicted molar refractivity (Wildman–Crippen MR) is 125 cm³/mol. The van der Waals surface area contributed by atoms with Crippen molar-refractivity contribution in [3.05, 3.63) is 60.4 Å². The monoisotopic (exact) mass is 433 g/mol. The number of aromatic nitrogens is 1. The van der Waals surface area contributed by atoms with Crippen LogP contribution in [0.15, 0.2) is 59.9 Å². The first-order valence-electron chi connectivity index (χ1n) is 10.6. The summed E-state index contributed by atoms with van der Waals surface area (Å²) in [5.74, 6) is 1.13. The zero-order valence-corrected chi connectivity index (χ0v) is 18.0. The van der Waals surface area contributed by atoms with Gasteiger partial charge in [0.15, 0.2) is 0 Å². The third kappa shape index (κ3) is 4.97. The first kappa shape index (κ1) is 21.6. The third-order valence-electron chi connectivity index (χ3n) is 5.76. The van der Waals surface area contributed by atoms with E-state index in [1.807, 2.05) is 36.4 Å². The quantitative estimate of drug-likeness (QED) is 0.417. The number of phenols is 1. The highest BCUT2D eigenvalue weighted by Gasteiger charge is 2.24. The zero-order valence-electron chi connectivity index (χ0n) is 18.0. The number of aliphatic imine (C=N–C) groups is 1. The van der Waals surface area contributed by atoms with Crippen molar-refractivity contribution in [2.45, 2.75) is 19.4 Å². The normalized spacial score (nSPS) is 17.3. The van der Waals surface area contributed by atoms with E-state index in [0.29, 0.717) is 30.4 Å². The molecule has 4 N–H and O–H groups in total. The fraction of sp³-hybridized carbons (Fsp3) is 0.292. The number of nitrogens with two attached hydrogens (primary N) is 1. The molecule has 1 saturated heterocycles. The molecule has 2 heterocycles. The second-order valence-electron chi connectivity index (χ2n) is 7.94. The van der Waals surface area contributed by atoms with E-state index < -0.39 is 6.03 Å². The van der Waals surface area contributed by atoms with Crippen LogP contribution in [0.5, 0.6) is 11.5 Å². The maximum atomic E-state index is 12.5. The molecule has 0 radical (unpaired) electrons. The van der Waals surface area contributed by atoms with Crippen LogP contribution >= 0.6 is 0 Å². The van der Waals surface area contributed by atoms with Crippen LogP contribution in [0.1, 0.15) is 18.4 Å². The number of carbonyl (C=O) groups is 1. The van der Waals surface area contributed by atoms with Crippen LogP contribution in [0, 0.1) is 5.92 Å². The van der Waals surface area contributed by atoms with Crippen molar-refractivity contribution in [2.24, 2.45) is 16.6 Å². The summed E-state index contributed by atoms with van der Waals surface area (Å²) < 4.78 is 5.14. The summed E-state index contributed by atoms with van der Waals surface area (Å²) in [5.41, 5.74) is 7.72. The third-order valence-corrected chi connectivity index (χ3v) is 5.76. The number of amidine groups is 1. The standard InChI is InChI=1S/C24H27N5O3/c1-32-19-8-7-17(22(30)12-19)14-29-11-3-5-18(15-29)23(25)28-24(31)27-21-6-2-4-16-13-26-10-9-20(16)21/h2,4,6-10,12-13,18,30H,3,5,11,14-15H2,1H3,(H3,25,27,28,31). The number of aromatic hydroxyl groups is 1. The first-order valence-corrected chi connectivity index (χ1v) is 10.6. The van der Waals surface area contributed by atoms with E-state index in [2.05, 4.69) is 20.2 Å². The Morgan fingerprint density at radius 3 is 3.03 bits per heavy atom. The molecule has 0 spiro atoms. The molecule has 2 amide bonds. The largest absolute Gasteiger partial charge is 0.507 e. The molecule has 1 aliphatic rings. The van der Waals surface area contributed by atoms with Crippen LogP contribution in [-0.2, 0) is 6.54 Å². The Labute approximate surface area is 186 Å². The smallest absolute Gasteiger partial charge is 0.347 e. The number of phenolic OH excluding ortho intramolecular Hbond substituents is 1. The molecule has 2 aromatic carbocycles. The second-order valence-corrected chi connectivity index (χ2v) is 7.94. The summed E-state index contributed by atoms with van der Waals surface area (Å²) in [4.78, 5) is 23.0. The van der Waals surface area contributed by atoms with E-state index in [1.54, 1.807) is 25.6 Å². The van der Waals surface area contributed by atoms with Gasteiger partial charge in [-0.15, -0.1) is 0 Å². The molecule has 1 aliphatic heterocycles. The van der Waals surface area contributed by atoms with Gasteiger partial charge in [0, 0.05) is 53.8 Å². The van der Waals surface area contributed by atoms with Gasteiger partial charge < -0.3 is 20.9 Å². The Bertz CT molecular complexity index is 1140. The molecule has 8 heteroatoms. The Kier molecular flexibility index (Phi) is 6.51. The molecule has 0 aliphatic carbocycles. The van der Waals surface area contributed by atoms with Crippen molar-refractivity contribution in [1.29, 1.82) is 0 Å². The number of benzene rings is 2. The molecule has 3 aromatic rings. The fourth-order valence-corrected chi connectivity index (χ4v) is 4.07. The topological polar surface area (TPSA) is 113 Å². The predicted octanol–water partition coefficient (Wildman–Crippen LogP) is 3.75. The number of methoxy groups -OCH3 is 1. The number of anilines is 1. The Balaban J connectivity index is 1.41. The van der Waals surface area contributed by atoms with Crippen LogP contribution in [-0.4, -0.2) is 47.1 Å². The number of carbonyl (C=O) groups excluding carboxylic acids is 1. The van der Waals surface area contributed by atoms with Gasteiger partial charge in [0.2, 0.25) is 0 Å². The fourth-order valence-electron chi connectivity index (χ4n) is 4.07. The Morgan fingerprint density at radius 2 is 2.22 bits per heavy atom. The summed E-state index contributed by atoms with van der Waals surface area (Å²) in [7, 11) is 1.57. The molecular formula is C24H27N5O3. The van der Waals surface area contributed by atoms with Crippen molar-refractivity contribution in [1.82, 2.24) is 9.88 Å². The number of piperidine rings is 1. The molecule has 0 bridgehead atoms. The molecule has 4 rings (SSSR count). The van der Waals surface area contributed by atoms with Crippen LogP contribution in [0.2, 0.25) is 0 Å². The van der Waals surface area contributed by atoms with E-state index >= 15 is 0 Å². The van der Waals surface area contributed by atoms with Gasteiger partial charge in [-0.05, 0) is 37.6 Å². The average molecular weight is 434 g/mol. The molecule has 0 saturated carbocycles. The van der Waals surface area contributed by atoms with Crippen molar-refractivity contribution in [3.8, 4) is 11.5 Å². The Hall–Kier alpha value is -3.65. The van der Waals surface area contributed by atoms with Gasteiger partial charge in [0.05, 0.1) is 12.8 Å². The minimum atomic E-state index is -0.489. The number of hydrogen-bond donors (Lipinski definition) is 3. The molecule has 1 unspecified atom stereocenters. The number of likely N-dealkylation sites (tertiary alicyclic amines) is 1. The number of hydrogen-bond acceptors (Lipinski definition) is 5. The van der Waals surface area contributed by atoms with E-state index in [4.69, 9.17) is 10.5 Å². The number of fused-ring (bicyclic) bond motifs is 1. The number of nitrogens with zero attached hydrogens (tertiary/aromatic N) is 3. The minimum Gasteiger partial charge on any atom is -0.507 e. The van der Waals surface area contributed by atoms with Gasteiger partial charge in [-0.2, -0.15) is 4.99 Å². The highest BCUT2D eigenvalue weighted by molar-refractivity contribution is 6.05. The van der Waals surface area contributed by atoms with Crippen molar-refractivity contribution >= 4 is 28.3 Å². The summed E-state index contributed by atoms with van der Waals surface area (Å²) in [6.07, 6.45) is 5.25. The maximum Gasteiger partial charge on any atom is 0.347 e. The lowest BCUT2D eigenvalue weighted by molar-refractivity contribution is 0.194. The molecule has 32 heavy (non-hydrogen) atoms. The van der Waals surface area contributed by atoms with Crippen LogP contribution in [0.3, 0.4) is 0 Å². The second kappa shape index (κ2) is 9.65. The molecule has 8 nitrogen and oxygen atoms in total. The van der Waals surface area contributed by atoms with Crippen molar-refractivity contribution in [3.63, 3.8) is 0 Å². The van der Waals surface area contributed by atoms with Gasteiger partial charge in [-0.3, -0.25) is 9.88 Å². The van der Waals surface area contributed by atoms with E-state index in [1.165, 1.54) is 0 Å². The van der Waals surface area contributed by atoms with Gasteiger partial charge in [0.1, 0.15) is 17.3 Å². The van der Waals surface area contributed by atoms with Crippen molar-refractivity contribution < 1.29 is 14.6 Å². The van der Waals surface area contributed by atoms with Gasteiger partial charge in [0.25, 0.3) is 0 Å². The lowest BCUT2D eigenvalue weighted by Gasteiger charge is -2.32. The average Bonchev–Trinajstić information content (AvgIpc) is 2.81. The Morgan fingerprint density at radius 1 is 1.34 bits per heavy atom. The lowest BCUT2D eigenvalue weighted by Crippen LogP contribution is -2.41. The highest BCUT2D eigenvalue weighted by Crippen LogP contribution is 2.27. The van der Waals surface area contributed by atoms with Gasteiger partial charge >= 0.3 is 6.03 Å². The number of urea groups is 1. The van der Waals surface area contributed by atoms with Crippen LogP contribution in [0.4, 0.5) is 10.5 Å². The van der Waals surface area contributed by atoms with Crippen LogP contribution in [0.25, 0.3) is 10.8 Å². The van der Waals surface area contributed by atoms with Crippen LogP contribution < -0.4 is 15.8 Å². The molecule has 166 valence electrons. The van der Waals surface area contributed by atoms with E-state index in [9.17, 15) is 9.90 Å². The SMILES string of the molecule is COc1ccc(CN2CCCC(/C(N)=N/C(=O)Nc3cccc4cnccc34)C2)c(O)c1. The zero-order chi connectivity index (χ0) is 22.5. The maximum absolute atomic E-state index is 12.5. The molecule has 1 atom stereocenters. The number of amides is 2.